The molecule has 3 heteroatoms. The topological polar surface area (TPSA) is 49.3 Å². The molecule has 0 fully saturated rings. The van der Waals surface area contributed by atoms with Crippen molar-refractivity contribution in [3.05, 3.63) is 12.2 Å². The summed E-state index contributed by atoms with van der Waals surface area (Å²) in [6.07, 6.45) is 6.65. The Labute approximate surface area is 78.8 Å². The van der Waals surface area contributed by atoms with Gasteiger partial charge in [0.1, 0.15) is 0 Å². The molecule has 0 aromatic rings. The second kappa shape index (κ2) is 5.02. The van der Waals surface area contributed by atoms with E-state index in [4.69, 9.17) is 5.11 Å². The smallest absolute Gasteiger partial charge is 0.227 e. The van der Waals surface area contributed by atoms with Crippen LogP contribution >= 0.6 is 0 Å². The Morgan fingerprint density at radius 1 is 1.77 bits per heavy atom. The first-order valence-electron chi connectivity index (χ1n) is 4.82. The minimum Gasteiger partial charge on any atom is -0.392 e. The Balaban J connectivity index is 2.30. The zero-order valence-corrected chi connectivity index (χ0v) is 7.99. The first-order chi connectivity index (χ1) is 6.20. The van der Waals surface area contributed by atoms with Gasteiger partial charge in [-0.15, -0.1) is 0 Å². The van der Waals surface area contributed by atoms with Gasteiger partial charge in [0.15, 0.2) is 0 Å². The standard InChI is InChI=1S/C10H17NO2/c1-8(12)7-11-10(13)9-5-3-2-4-6-9/h3,5,8-9,12H,2,4,6-7H2,1H3,(H,11,13). The van der Waals surface area contributed by atoms with Crippen LogP contribution in [0.3, 0.4) is 0 Å². The van der Waals surface area contributed by atoms with Gasteiger partial charge in [-0.1, -0.05) is 12.2 Å². The third kappa shape index (κ3) is 3.59. The number of carbonyl (C=O) groups excluding carboxylic acids is 1. The average Bonchev–Trinajstić information content (AvgIpc) is 2.15. The maximum atomic E-state index is 11.4. The van der Waals surface area contributed by atoms with Crippen molar-refractivity contribution in [1.82, 2.24) is 5.32 Å². The van der Waals surface area contributed by atoms with Crippen molar-refractivity contribution in [2.75, 3.05) is 6.54 Å². The molecule has 3 nitrogen and oxygen atoms in total. The number of hydrogen-bond acceptors (Lipinski definition) is 2. The Hall–Kier alpha value is -0.830. The lowest BCUT2D eigenvalue weighted by Crippen LogP contribution is -2.35. The fraction of sp³-hybridized carbons (Fsp3) is 0.700. The minimum absolute atomic E-state index is 0.0208. The molecular weight excluding hydrogens is 166 g/mol. The van der Waals surface area contributed by atoms with E-state index in [1.165, 1.54) is 0 Å². The van der Waals surface area contributed by atoms with E-state index in [1.54, 1.807) is 6.92 Å². The van der Waals surface area contributed by atoms with E-state index in [-0.39, 0.29) is 11.8 Å². The lowest BCUT2D eigenvalue weighted by molar-refractivity contribution is -0.124. The number of carbonyl (C=O) groups is 1. The fourth-order valence-corrected chi connectivity index (χ4v) is 1.41. The van der Waals surface area contributed by atoms with Crippen LogP contribution in [-0.2, 0) is 4.79 Å². The van der Waals surface area contributed by atoms with E-state index in [0.29, 0.717) is 6.54 Å². The average molecular weight is 183 g/mol. The van der Waals surface area contributed by atoms with Gasteiger partial charge >= 0.3 is 0 Å². The quantitative estimate of drug-likeness (QED) is 0.637. The zero-order chi connectivity index (χ0) is 9.68. The Morgan fingerprint density at radius 3 is 3.08 bits per heavy atom. The maximum absolute atomic E-state index is 11.4. The van der Waals surface area contributed by atoms with Crippen molar-refractivity contribution < 1.29 is 9.90 Å². The van der Waals surface area contributed by atoms with Crippen LogP contribution in [0, 0.1) is 5.92 Å². The summed E-state index contributed by atoms with van der Waals surface area (Å²) >= 11 is 0. The number of allylic oxidation sites excluding steroid dienone is 1. The van der Waals surface area contributed by atoms with Crippen molar-refractivity contribution >= 4 is 5.91 Å². The van der Waals surface area contributed by atoms with Crippen LogP contribution < -0.4 is 5.32 Å². The third-order valence-corrected chi connectivity index (χ3v) is 2.16. The molecule has 0 aromatic heterocycles. The molecule has 2 atom stereocenters. The normalized spacial score (nSPS) is 24.0. The SMILES string of the molecule is CC(O)CNC(=O)C1C=CCCC1. The molecular formula is C10H17NO2. The summed E-state index contributed by atoms with van der Waals surface area (Å²) in [6, 6.07) is 0. The molecule has 0 saturated carbocycles. The highest BCUT2D eigenvalue weighted by molar-refractivity contribution is 5.80. The number of aliphatic hydroxyl groups is 1. The van der Waals surface area contributed by atoms with Gasteiger partial charge in [0.05, 0.1) is 12.0 Å². The molecule has 1 aliphatic carbocycles. The molecule has 0 spiro atoms. The fourth-order valence-electron chi connectivity index (χ4n) is 1.41. The molecule has 2 N–H and O–H groups in total. The monoisotopic (exact) mass is 183 g/mol. The third-order valence-electron chi connectivity index (χ3n) is 2.16. The van der Waals surface area contributed by atoms with E-state index in [1.807, 2.05) is 6.08 Å². The highest BCUT2D eigenvalue weighted by Gasteiger charge is 2.16. The Morgan fingerprint density at radius 2 is 2.54 bits per heavy atom. The van der Waals surface area contributed by atoms with Gasteiger partial charge in [0.2, 0.25) is 5.91 Å². The van der Waals surface area contributed by atoms with Crippen LogP contribution in [0.25, 0.3) is 0 Å². The first kappa shape index (κ1) is 10.3. The second-order valence-electron chi connectivity index (χ2n) is 3.56. The number of hydrogen-bond donors (Lipinski definition) is 2. The summed E-state index contributed by atoms with van der Waals surface area (Å²) in [5.41, 5.74) is 0. The molecule has 0 bridgehead atoms. The number of aliphatic hydroxyl groups excluding tert-OH is 1. The number of amides is 1. The Bertz CT molecular complexity index is 199. The molecule has 2 unspecified atom stereocenters. The van der Waals surface area contributed by atoms with E-state index >= 15 is 0 Å². The van der Waals surface area contributed by atoms with Crippen molar-refractivity contribution in [2.45, 2.75) is 32.3 Å². The molecule has 0 heterocycles. The van der Waals surface area contributed by atoms with Gasteiger partial charge in [0, 0.05) is 6.54 Å². The van der Waals surface area contributed by atoms with Gasteiger partial charge < -0.3 is 10.4 Å². The van der Waals surface area contributed by atoms with Gasteiger partial charge in [-0.3, -0.25) is 4.79 Å². The summed E-state index contributed by atoms with van der Waals surface area (Å²) < 4.78 is 0. The largest absolute Gasteiger partial charge is 0.392 e. The molecule has 0 saturated heterocycles. The number of nitrogens with one attached hydrogen (secondary N) is 1. The summed E-state index contributed by atoms with van der Waals surface area (Å²) in [5, 5.41) is 11.7. The predicted molar refractivity (Wildman–Crippen MR) is 51.2 cm³/mol. The zero-order valence-electron chi connectivity index (χ0n) is 7.99. The highest BCUT2D eigenvalue weighted by atomic mass is 16.3. The van der Waals surface area contributed by atoms with Crippen molar-refractivity contribution in [1.29, 1.82) is 0 Å². The van der Waals surface area contributed by atoms with E-state index in [9.17, 15) is 4.79 Å². The van der Waals surface area contributed by atoms with Crippen LogP contribution in [0.1, 0.15) is 26.2 Å². The maximum Gasteiger partial charge on any atom is 0.227 e. The highest BCUT2D eigenvalue weighted by Crippen LogP contribution is 2.16. The predicted octanol–water partition coefficient (Wildman–Crippen LogP) is 0.840. The Kier molecular flexibility index (Phi) is 3.96. The lowest BCUT2D eigenvalue weighted by atomic mass is 9.95. The lowest BCUT2D eigenvalue weighted by Gasteiger charge is -2.16. The molecule has 1 rings (SSSR count). The van der Waals surface area contributed by atoms with Gasteiger partial charge in [-0.05, 0) is 26.2 Å². The number of rotatable bonds is 3. The van der Waals surface area contributed by atoms with Gasteiger partial charge in [0.25, 0.3) is 0 Å². The van der Waals surface area contributed by atoms with E-state index < -0.39 is 6.10 Å². The summed E-state index contributed by atoms with van der Waals surface area (Å²) in [6.45, 7) is 2.01. The van der Waals surface area contributed by atoms with Crippen LogP contribution in [0.2, 0.25) is 0 Å². The van der Waals surface area contributed by atoms with Crippen LogP contribution in [-0.4, -0.2) is 23.7 Å². The minimum atomic E-state index is -0.462. The summed E-state index contributed by atoms with van der Waals surface area (Å²) in [7, 11) is 0. The molecule has 1 amide bonds. The molecule has 0 aromatic carbocycles. The molecule has 13 heavy (non-hydrogen) atoms. The first-order valence-corrected chi connectivity index (χ1v) is 4.82. The van der Waals surface area contributed by atoms with Crippen molar-refractivity contribution in [2.24, 2.45) is 5.92 Å². The van der Waals surface area contributed by atoms with Crippen LogP contribution in [0.5, 0.6) is 0 Å². The van der Waals surface area contributed by atoms with E-state index in [2.05, 4.69) is 11.4 Å². The molecule has 0 radical (unpaired) electrons. The van der Waals surface area contributed by atoms with Crippen molar-refractivity contribution in [3.8, 4) is 0 Å². The van der Waals surface area contributed by atoms with Gasteiger partial charge in [-0.25, -0.2) is 0 Å². The second-order valence-corrected chi connectivity index (χ2v) is 3.56. The van der Waals surface area contributed by atoms with Crippen LogP contribution in [0.15, 0.2) is 12.2 Å². The van der Waals surface area contributed by atoms with Crippen LogP contribution in [0.4, 0.5) is 0 Å². The molecule has 1 aliphatic rings. The molecule has 0 aliphatic heterocycles. The van der Waals surface area contributed by atoms with E-state index in [0.717, 1.165) is 19.3 Å². The summed E-state index contributed by atoms with van der Waals surface area (Å²) in [4.78, 5) is 11.4. The van der Waals surface area contributed by atoms with Gasteiger partial charge in [-0.2, -0.15) is 0 Å². The summed E-state index contributed by atoms with van der Waals surface area (Å²) in [5.74, 6) is 0.0596. The van der Waals surface area contributed by atoms with Crippen molar-refractivity contribution in [3.63, 3.8) is 0 Å². The molecule has 74 valence electrons.